The van der Waals surface area contributed by atoms with E-state index in [1.54, 1.807) is 36.4 Å². The zero-order chi connectivity index (χ0) is 27.6. The molecule has 0 unspecified atom stereocenters. The van der Waals surface area contributed by atoms with E-state index >= 15 is 0 Å². The number of carbonyl (C=O) groups is 1. The topological polar surface area (TPSA) is 74.6 Å². The molecule has 0 spiro atoms. The summed E-state index contributed by atoms with van der Waals surface area (Å²) in [5.41, 5.74) is -0.155. The number of carboxylic acid groups (broad SMARTS) is 1. The molecular weight excluding hydrogens is 506 g/mol. The zero-order valence-corrected chi connectivity index (χ0v) is 21.4. The number of ether oxygens (including phenoxy) is 2. The maximum Gasteiger partial charge on any atom is 0.431 e. The summed E-state index contributed by atoms with van der Waals surface area (Å²) < 4.78 is 66.5. The van der Waals surface area contributed by atoms with Gasteiger partial charge in [-0.05, 0) is 50.2 Å². The average molecular weight is 538 g/mol. The van der Waals surface area contributed by atoms with E-state index in [0.29, 0.717) is 48.8 Å². The number of halogens is 4. The van der Waals surface area contributed by atoms with Crippen LogP contribution in [0.25, 0.3) is 0 Å². The Labute approximate surface area is 218 Å². The molecule has 2 aromatic rings. The van der Waals surface area contributed by atoms with Gasteiger partial charge in [-0.2, -0.15) is 18.3 Å². The smallest absolute Gasteiger partial charge is 0.431 e. The highest BCUT2D eigenvalue weighted by molar-refractivity contribution is 5.95. The third-order valence-electron chi connectivity index (χ3n) is 6.69. The molecule has 38 heavy (non-hydrogen) atoms. The van der Waals surface area contributed by atoms with E-state index in [-0.39, 0.29) is 18.0 Å². The summed E-state index contributed by atoms with van der Waals surface area (Å²) in [6.07, 6.45) is -3.95. The molecule has 1 N–H and O–H groups in total. The van der Waals surface area contributed by atoms with Gasteiger partial charge in [0.15, 0.2) is 0 Å². The van der Waals surface area contributed by atoms with E-state index in [4.69, 9.17) is 9.47 Å². The van der Waals surface area contributed by atoms with Crippen LogP contribution in [0.3, 0.4) is 0 Å². The molecule has 0 aromatic heterocycles. The summed E-state index contributed by atoms with van der Waals surface area (Å²) >= 11 is 0. The minimum absolute atomic E-state index is 0.0192. The first-order valence-electron chi connectivity index (χ1n) is 12.6. The van der Waals surface area contributed by atoms with Gasteiger partial charge in [0.2, 0.25) is 0 Å². The minimum atomic E-state index is -4.64. The van der Waals surface area contributed by atoms with Gasteiger partial charge in [-0.1, -0.05) is 6.92 Å². The molecule has 2 heterocycles. The van der Waals surface area contributed by atoms with Crippen LogP contribution in [0.2, 0.25) is 0 Å². The average Bonchev–Trinajstić information content (AvgIpc) is 3.17. The lowest BCUT2D eigenvalue weighted by Gasteiger charge is -2.34. The highest BCUT2D eigenvalue weighted by Gasteiger charge is 2.48. The Morgan fingerprint density at radius 3 is 2.32 bits per heavy atom. The summed E-state index contributed by atoms with van der Waals surface area (Å²) in [5.74, 6) is -1.46. The first-order valence-corrected chi connectivity index (χ1v) is 12.6. The van der Waals surface area contributed by atoms with Crippen molar-refractivity contribution in [2.24, 2.45) is 11.0 Å². The molecule has 4 rings (SSSR count). The molecule has 2 aliphatic rings. The van der Waals surface area contributed by atoms with Gasteiger partial charge >= 0.3 is 12.1 Å². The number of piperidine rings is 1. The fourth-order valence-corrected chi connectivity index (χ4v) is 4.85. The van der Waals surface area contributed by atoms with Crippen molar-refractivity contribution < 1.29 is 36.9 Å². The molecule has 206 valence electrons. The second-order valence-corrected chi connectivity index (χ2v) is 9.86. The van der Waals surface area contributed by atoms with Crippen LogP contribution >= 0.6 is 0 Å². The van der Waals surface area contributed by atoms with Gasteiger partial charge < -0.3 is 19.5 Å². The SMILES string of the molecule is CC(C)Oc1ccc(F)c(N2CCC(Oc3ccc(N4N=C(C(F)(F)F)[C@@H](C)[C@@H]4CC(=O)O)cc3)CC2)c1. The van der Waals surface area contributed by atoms with Crippen molar-refractivity contribution in [2.75, 3.05) is 23.0 Å². The third-order valence-corrected chi connectivity index (χ3v) is 6.69. The Morgan fingerprint density at radius 1 is 1.11 bits per heavy atom. The molecule has 0 saturated carbocycles. The number of hydrogen-bond donors (Lipinski definition) is 1. The van der Waals surface area contributed by atoms with Crippen molar-refractivity contribution in [2.45, 2.75) is 64.5 Å². The lowest BCUT2D eigenvalue weighted by Crippen LogP contribution is -2.38. The van der Waals surface area contributed by atoms with Crippen molar-refractivity contribution in [1.29, 1.82) is 0 Å². The van der Waals surface area contributed by atoms with Gasteiger partial charge in [-0.25, -0.2) is 4.39 Å². The molecule has 2 atom stereocenters. The first kappa shape index (κ1) is 27.5. The second kappa shape index (κ2) is 11.1. The summed E-state index contributed by atoms with van der Waals surface area (Å²) in [5, 5.41) is 14.1. The Hall–Kier alpha value is -3.50. The van der Waals surface area contributed by atoms with E-state index in [9.17, 15) is 27.5 Å². The number of carboxylic acids is 1. The summed E-state index contributed by atoms with van der Waals surface area (Å²) in [6, 6.07) is 10.2. The van der Waals surface area contributed by atoms with Crippen LogP contribution in [-0.4, -0.2) is 54.3 Å². The normalized spacial score (nSPS) is 20.6. The van der Waals surface area contributed by atoms with Crippen molar-refractivity contribution >= 4 is 23.1 Å². The predicted octanol–water partition coefficient (Wildman–Crippen LogP) is 5.88. The number of rotatable bonds is 8. The molecule has 1 fully saturated rings. The molecule has 0 radical (unpaired) electrons. The minimum Gasteiger partial charge on any atom is -0.491 e. The van der Waals surface area contributed by atoms with Gasteiger partial charge in [0.25, 0.3) is 0 Å². The quantitative estimate of drug-likeness (QED) is 0.424. The van der Waals surface area contributed by atoms with Crippen molar-refractivity contribution in [3.05, 3.63) is 48.3 Å². The standard InChI is InChI=1S/C27H31F4N3O4/c1-16(2)37-21-8-9-22(28)24(14-21)33-12-10-20(11-13-33)38-19-6-4-18(5-7-19)34-23(15-25(35)36)17(3)26(32-34)27(29,30)31/h4-9,14,16-17,20,23H,10-13,15H2,1-3H3,(H,35,36)/t17-,23-/m0/s1. The number of alkyl halides is 3. The fraction of sp³-hybridized carbons (Fsp3) is 0.481. The van der Waals surface area contributed by atoms with E-state index in [1.165, 1.54) is 13.0 Å². The van der Waals surface area contributed by atoms with Crippen molar-refractivity contribution in [3.8, 4) is 11.5 Å². The Bertz CT molecular complexity index is 1160. The molecule has 0 bridgehead atoms. The Morgan fingerprint density at radius 2 is 1.74 bits per heavy atom. The van der Waals surface area contributed by atoms with E-state index < -0.39 is 36.2 Å². The number of hydrogen-bond acceptors (Lipinski definition) is 6. The number of nitrogens with zero attached hydrogens (tertiary/aromatic N) is 3. The van der Waals surface area contributed by atoms with Crippen LogP contribution in [0.1, 0.15) is 40.0 Å². The first-order chi connectivity index (χ1) is 17.9. The number of anilines is 2. The largest absolute Gasteiger partial charge is 0.491 e. The van der Waals surface area contributed by atoms with Crippen LogP contribution in [0.5, 0.6) is 11.5 Å². The molecule has 1 saturated heterocycles. The highest BCUT2D eigenvalue weighted by atomic mass is 19.4. The summed E-state index contributed by atoms with van der Waals surface area (Å²) in [6.45, 7) is 6.32. The molecule has 0 amide bonds. The molecule has 2 aliphatic heterocycles. The second-order valence-electron chi connectivity index (χ2n) is 9.86. The molecular formula is C27H31F4N3O4. The van der Waals surface area contributed by atoms with Crippen molar-refractivity contribution in [1.82, 2.24) is 0 Å². The van der Waals surface area contributed by atoms with Gasteiger partial charge in [-0.3, -0.25) is 9.80 Å². The zero-order valence-electron chi connectivity index (χ0n) is 21.4. The lowest BCUT2D eigenvalue weighted by molar-refractivity contribution is -0.137. The molecule has 0 aliphatic carbocycles. The van der Waals surface area contributed by atoms with Crippen molar-refractivity contribution in [3.63, 3.8) is 0 Å². The third kappa shape index (κ3) is 6.31. The molecule has 11 heteroatoms. The van der Waals surface area contributed by atoms with Crippen LogP contribution in [-0.2, 0) is 4.79 Å². The van der Waals surface area contributed by atoms with E-state index in [0.717, 1.165) is 5.01 Å². The van der Waals surface area contributed by atoms with Gasteiger partial charge in [-0.15, -0.1) is 0 Å². The maximum absolute atomic E-state index is 14.5. The number of benzene rings is 2. The van der Waals surface area contributed by atoms with Crippen LogP contribution in [0, 0.1) is 11.7 Å². The summed E-state index contributed by atoms with van der Waals surface area (Å²) in [7, 11) is 0. The van der Waals surface area contributed by atoms with Crippen LogP contribution < -0.4 is 19.4 Å². The van der Waals surface area contributed by atoms with E-state index in [1.807, 2.05) is 18.7 Å². The summed E-state index contributed by atoms with van der Waals surface area (Å²) in [4.78, 5) is 13.2. The van der Waals surface area contributed by atoms with E-state index in [2.05, 4.69) is 5.10 Å². The lowest BCUT2D eigenvalue weighted by atomic mass is 9.94. The Kier molecular flexibility index (Phi) is 8.03. The van der Waals surface area contributed by atoms with Crippen LogP contribution in [0.15, 0.2) is 47.6 Å². The van der Waals surface area contributed by atoms with Crippen LogP contribution in [0.4, 0.5) is 28.9 Å². The molecule has 7 nitrogen and oxygen atoms in total. The Balaban J connectivity index is 1.39. The number of hydrazone groups is 1. The van der Waals surface area contributed by atoms with Gasteiger partial charge in [0, 0.05) is 37.9 Å². The monoisotopic (exact) mass is 537 g/mol. The van der Waals surface area contributed by atoms with Gasteiger partial charge in [0.1, 0.15) is 29.1 Å². The maximum atomic E-state index is 14.5. The predicted molar refractivity (Wildman–Crippen MR) is 136 cm³/mol. The highest BCUT2D eigenvalue weighted by Crippen LogP contribution is 2.37. The number of aliphatic carboxylic acids is 1. The fourth-order valence-electron chi connectivity index (χ4n) is 4.85. The molecule has 2 aromatic carbocycles. The van der Waals surface area contributed by atoms with Gasteiger partial charge in [0.05, 0.1) is 29.9 Å².